The Labute approximate surface area is 91.9 Å². The first-order chi connectivity index (χ1) is 6.99. The summed E-state index contributed by atoms with van der Waals surface area (Å²) in [7, 11) is 1.52. The molecule has 0 radical (unpaired) electrons. The summed E-state index contributed by atoms with van der Waals surface area (Å²) in [6, 6.07) is -0.0377. The van der Waals surface area contributed by atoms with Gasteiger partial charge in [-0.2, -0.15) is 0 Å². The summed E-state index contributed by atoms with van der Waals surface area (Å²) in [5.74, 6) is 0.432. The topological polar surface area (TPSA) is 30.5 Å². The Balaban J connectivity index is 3.52. The van der Waals surface area contributed by atoms with Crippen LogP contribution in [0.15, 0.2) is 0 Å². The minimum absolute atomic E-state index is 0.0377. The highest BCUT2D eigenvalue weighted by Gasteiger charge is 2.28. The molecule has 1 N–H and O–H groups in total. The molecule has 0 bridgehead atoms. The average Bonchev–Trinajstić information content (AvgIpc) is 2.11. The monoisotopic (exact) mass is 249 g/mol. The largest absolute Gasteiger partial charge is 0.522 e. The Bertz CT molecular complexity index is 151. The molecule has 0 aliphatic heterocycles. The lowest BCUT2D eigenvalue weighted by atomic mass is 10.2. The van der Waals surface area contributed by atoms with E-state index in [1.54, 1.807) is 0 Å². The smallest absolute Gasteiger partial charge is 0.383 e. The second-order valence-electron chi connectivity index (χ2n) is 2.88. The number of ether oxygens (including phenoxy) is 2. The van der Waals surface area contributed by atoms with Crippen molar-refractivity contribution >= 4 is 11.6 Å². The molecular weight excluding hydrogens is 235 g/mol. The van der Waals surface area contributed by atoms with E-state index in [2.05, 4.69) is 10.1 Å². The zero-order chi connectivity index (χ0) is 11.7. The van der Waals surface area contributed by atoms with Crippen molar-refractivity contribution in [1.82, 2.24) is 5.32 Å². The van der Waals surface area contributed by atoms with E-state index in [0.29, 0.717) is 18.9 Å². The van der Waals surface area contributed by atoms with Gasteiger partial charge in [-0.25, -0.2) is 0 Å². The predicted molar refractivity (Wildman–Crippen MR) is 51.0 cm³/mol. The van der Waals surface area contributed by atoms with Gasteiger partial charge in [0.1, 0.15) is 0 Å². The second kappa shape index (κ2) is 8.15. The minimum Gasteiger partial charge on any atom is -0.383 e. The van der Waals surface area contributed by atoms with Gasteiger partial charge in [0.2, 0.25) is 0 Å². The number of hydrogen-bond donors (Lipinski definition) is 1. The quantitative estimate of drug-likeness (QED) is 0.525. The third-order valence-electron chi connectivity index (χ3n) is 1.63. The fourth-order valence-corrected chi connectivity index (χ4v) is 1.27. The third-order valence-corrected chi connectivity index (χ3v) is 1.84. The van der Waals surface area contributed by atoms with Gasteiger partial charge in [-0.1, -0.05) is 0 Å². The van der Waals surface area contributed by atoms with E-state index in [9.17, 15) is 13.2 Å². The molecule has 1 unspecified atom stereocenters. The van der Waals surface area contributed by atoms with E-state index in [4.69, 9.17) is 16.3 Å². The molecular formula is C8H15ClF3NO2. The van der Waals surface area contributed by atoms with Crippen LogP contribution in [-0.2, 0) is 9.47 Å². The summed E-state index contributed by atoms with van der Waals surface area (Å²) in [6.07, 6.45) is -3.92. The van der Waals surface area contributed by atoms with Gasteiger partial charge in [0.05, 0.1) is 13.2 Å². The Hall–Kier alpha value is -0.0400. The Morgan fingerprint density at radius 1 is 1.40 bits per heavy atom. The maximum atomic E-state index is 11.6. The number of hydrogen-bond acceptors (Lipinski definition) is 3. The van der Waals surface area contributed by atoms with Crippen LogP contribution in [0.5, 0.6) is 0 Å². The van der Waals surface area contributed by atoms with E-state index in [1.165, 1.54) is 7.11 Å². The maximum absolute atomic E-state index is 11.6. The zero-order valence-corrected chi connectivity index (χ0v) is 9.20. The van der Waals surface area contributed by atoms with Crippen LogP contribution in [0.3, 0.4) is 0 Å². The van der Waals surface area contributed by atoms with Gasteiger partial charge in [0, 0.05) is 25.6 Å². The summed E-state index contributed by atoms with van der Waals surface area (Å²) in [5, 5.41) is 2.86. The summed E-state index contributed by atoms with van der Waals surface area (Å²) in [6.45, 7) is 0.120. The van der Waals surface area contributed by atoms with Crippen LogP contribution in [0.2, 0.25) is 0 Å². The summed E-state index contributed by atoms with van der Waals surface area (Å²) >= 11 is 5.51. The average molecular weight is 250 g/mol. The summed E-state index contributed by atoms with van der Waals surface area (Å²) < 4.78 is 43.2. The van der Waals surface area contributed by atoms with Gasteiger partial charge in [0.15, 0.2) is 0 Å². The summed E-state index contributed by atoms with van der Waals surface area (Å²) in [5.41, 5.74) is 0. The molecule has 0 fully saturated rings. The van der Waals surface area contributed by atoms with Crippen LogP contribution >= 0.6 is 11.6 Å². The molecule has 15 heavy (non-hydrogen) atoms. The first-order valence-electron chi connectivity index (χ1n) is 4.48. The number of nitrogens with one attached hydrogen (secondary N) is 1. The lowest BCUT2D eigenvalue weighted by Gasteiger charge is -2.16. The van der Waals surface area contributed by atoms with Crippen molar-refractivity contribution in [3.8, 4) is 0 Å². The Morgan fingerprint density at radius 3 is 2.53 bits per heavy atom. The highest BCUT2D eigenvalue weighted by molar-refractivity contribution is 6.17. The van der Waals surface area contributed by atoms with Crippen LogP contribution in [0, 0.1) is 0 Å². The first kappa shape index (κ1) is 15.0. The number of methoxy groups -OCH3 is 1. The standard InChI is InChI=1S/C8H15ClF3NO2/c1-14-6-7(2-3-9)13-4-5-15-8(10,11)12/h7,13H,2-6H2,1H3. The van der Waals surface area contributed by atoms with E-state index in [1.807, 2.05) is 0 Å². The highest BCUT2D eigenvalue weighted by atomic mass is 35.5. The zero-order valence-electron chi connectivity index (χ0n) is 8.44. The molecule has 0 aliphatic carbocycles. The van der Waals surface area contributed by atoms with Crippen LogP contribution in [0.4, 0.5) is 13.2 Å². The van der Waals surface area contributed by atoms with Crippen molar-refractivity contribution in [2.24, 2.45) is 0 Å². The van der Waals surface area contributed by atoms with Crippen molar-refractivity contribution in [2.75, 3.05) is 32.7 Å². The Kier molecular flexibility index (Phi) is 8.13. The molecule has 0 aliphatic rings. The number of alkyl halides is 4. The van der Waals surface area contributed by atoms with Gasteiger partial charge in [-0.15, -0.1) is 24.8 Å². The Morgan fingerprint density at radius 2 is 2.07 bits per heavy atom. The molecule has 0 spiro atoms. The molecule has 0 rings (SSSR count). The molecule has 0 saturated carbocycles. The third kappa shape index (κ3) is 10.2. The van der Waals surface area contributed by atoms with Gasteiger partial charge >= 0.3 is 6.36 Å². The number of rotatable bonds is 8. The van der Waals surface area contributed by atoms with Gasteiger partial charge in [-0.3, -0.25) is 4.74 Å². The lowest BCUT2D eigenvalue weighted by molar-refractivity contribution is -0.323. The molecule has 0 amide bonds. The normalized spacial score (nSPS) is 14.2. The molecule has 0 saturated heterocycles. The molecule has 0 heterocycles. The maximum Gasteiger partial charge on any atom is 0.522 e. The van der Waals surface area contributed by atoms with E-state index in [-0.39, 0.29) is 12.6 Å². The molecule has 0 aromatic heterocycles. The minimum atomic E-state index is -4.56. The fourth-order valence-electron chi connectivity index (χ4n) is 1.01. The summed E-state index contributed by atoms with van der Waals surface area (Å²) in [4.78, 5) is 0. The van der Waals surface area contributed by atoms with Crippen molar-refractivity contribution in [3.63, 3.8) is 0 Å². The highest BCUT2D eigenvalue weighted by Crippen LogP contribution is 2.15. The van der Waals surface area contributed by atoms with Gasteiger partial charge in [-0.05, 0) is 6.42 Å². The number of halogens is 4. The van der Waals surface area contributed by atoms with Gasteiger partial charge in [0.25, 0.3) is 0 Å². The molecule has 0 aromatic carbocycles. The van der Waals surface area contributed by atoms with Crippen molar-refractivity contribution in [1.29, 1.82) is 0 Å². The molecule has 3 nitrogen and oxygen atoms in total. The van der Waals surface area contributed by atoms with Crippen molar-refractivity contribution in [2.45, 2.75) is 18.8 Å². The van der Waals surface area contributed by atoms with Crippen LogP contribution in [0.1, 0.15) is 6.42 Å². The molecule has 92 valence electrons. The van der Waals surface area contributed by atoms with E-state index < -0.39 is 13.0 Å². The predicted octanol–water partition coefficient (Wildman–Crippen LogP) is 1.76. The van der Waals surface area contributed by atoms with Crippen LogP contribution < -0.4 is 5.32 Å². The van der Waals surface area contributed by atoms with Crippen LogP contribution in [0.25, 0.3) is 0 Å². The lowest BCUT2D eigenvalue weighted by Crippen LogP contribution is -2.36. The van der Waals surface area contributed by atoms with E-state index >= 15 is 0 Å². The second-order valence-corrected chi connectivity index (χ2v) is 3.26. The molecule has 0 aromatic rings. The molecule has 1 atom stereocenters. The van der Waals surface area contributed by atoms with Crippen LogP contribution in [-0.4, -0.2) is 45.2 Å². The first-order valence-corrected chi connectivity index (χ1v) is 5.02. The van der Waals surface area contributed by atoms with Crippen molar-refractivity contribution < 1.29 is 22.6 Å². The SMILES string of the molecule is COCC(CCCl)NCCOC(F)(F)F. The van der Waals surface area contributed by atoms with Crippen molar-refractivity contribution in [3.05, 3.63) is 0 Å². The molecule has 7 heteroatoms. The van der Waals surface area contributed by atoms with E-state index in [0.717, 1.165) is 0 Å². The van der Waals surface area contributed by atoms with Gasteiger partial charge < -0.3 is 10.1 Å². The fraction of sp³-hybridized carbons (Fsp3) is 1.00.